The fraction of sp³-hybridized carbons (Fsp3) is 0.0667. The number of aromatic hydroxyl groups is 1. The van der Waals surface area contributed by atoms with E-state index in [0.29, 0.717) is 11.0 Å². The molecule has 4 nitrogen and oxygen atoms in total. The van der Waals surface area contributed by atoms with Gasteiger partial charge in [-0.25, -0.2) is 9.97 Å². The lowest BCUT2D eigenvalue weighted by atomic mass is 10.2. The molecule has 0 aliphatic rings. The molecule has 0 spiro atoms. The fourth-order valence-electron chi connectivity index (χ4n) is 1.98. The number of aromatic nitrogens is 2. The summed E-state index contributed by atoms with van der Waals surface area (Å²) in [6, 6.07) is 14.4. The molecule has 0 saturated carbocycles. The molecule has 2 aromatic carbocycles. The van der Waals surface area contributed by atoms with Crippen molar-refractivity contribution in [1.29, 1.82) is 0 Å². The van der Waals surface area contributed by atoms with Crippen LogP contribution in [-0.2, 0) is 0 Å². The molecular formula is C15H12ClN3O. The highest BCUT2D eigenvalue weighted by Crippen LogP contribution is 2.29. The van der Waals surface area contributed by atoms with Crippen LogP contribution >= 0.6 is 11.6 Å². The third-order valence-electron chi connectivity index (χ3n) is 3.07. The highest BCUT2D eigenvalue weighted by Gasteiger charge is 2.12. The summed E-state index contributed by atoms with van der Waals surface area (Å²) in [5.41, 5.74) is 2.42. The van der Waals surface area contributed by atoms with Crippen LogP contribution in [0.2, 0.25) is 5.15 Å². The highest BCUT2D eigenvalue weighted by atomic mass is 35.5. The SMILES string of the molecule is CN(c1ccc(O)cc1)c1nc2ccccc2nc1Cl. The summed E-state index contributed by atoms with van der Waals surface area (Å²) < 4.78 is 0. The zero-order valence-electron chi connectivity index (χ0n) is 10.8. The molecule has 100 valence electrons. The minimum absolute atomic E-state index is 0.220. The second-order valence-corrected chi connectivity index (χ2v) is 4.76. The van der Waals surface area contributed by atoms with Gasteiger partial charge in [-0.2, -0.15) is 0 Å². The summed E-state index contributed by atoms with van der Waals surface area (Å²) in [4.78, 5) is 10.7. The Bertz CT molecular complexity index is 759. The minimum atomic E-state index is 0.220. The second kappa shape index (κ2) is 4.98. The molecule has 0 radical (unpaired) electrons. The van der Waals surface area contributed by atoms with E-state index in [-0.39, 0.29) is 5.75 Å². The van der Waals surface area contributed by atoms with Crippen LogP contribution in [0.3, 0.4) is 0 Å². The number of anilines is 2. The van der Waals surface area contributed by atoms with Crippen LogP contribution < -0.4 is 4.90 Å². The van der Waals surface area contributed by atoms with Crippen molar-refractivity contribution in [3.05, 3.63) is 53.7 Å². The summed E-state index contributed by atoms with van der Waals surface area (Å²) in [6.45, 7) is 0. The standard InChI is InChI=1S/C15H12ClN3O/c1-19(10-6-8-11(20)9-7-10)15-14(16)17-12-4-2-3-5-13(12)18-15/h2-9,20H,1H3. The summed E-state index contributed by atoms with van der Waals surface area (Å²) in [5.74, 6) is 0.800. The predicted molar refractivity (Wildman–Crippen MR) is 80.7 cm³/mol. The van der Waals surface area contributed by atoms with E-state index in [1.165, 1.54) is 0 Å². The third kappa shape index (κ3) is 2.26. The van der Waals surface area contributed by atoms with Crippen molar-refractivity contribution in [2.75, 3.05) is 11.9 Å². The lowest BCUT2D eigenvalue weighted by Gasteiger charge is -2.19. The molecule has 3 rings (SSSR count). The Morgan fingerprint density at radius 1 is 0.950 bits per heavy atom. The van der Waals surface area contributed by atoms with Gasteiger partial charge in [-0.1, -0.05) is 23.7 Å². The molecule has 0 atom stereocenters. The van der Waals surface area contributed by atoms with E-state index in [9.17, 15) is 5.11 Å². The number of nitrogens with zero attached hydrogens (tertiary/aromatic N) is 3. The van der Waals surface area contributed by atoms with Gasteiger partial charge < -0.3 is 10.0 Å². The van der Waals surface area contributed by atoms with Gasteiger partial charge in [-0.15, -0.1) is 0 Å². The van der Waals surface area contributed by atoms with Crippen LogP contribution in [-0.4, -0.2) is 22.1 Å². The second-order valence-electron chi connectivity index (χ2n) is 4.40. The number of benzene rings is 2. The Morgan fingerprint density at radius 3 is 2.20 bits per heavy atom. The summed E-state index contributed by atoms with van der Waals surface area (Å²) in [7, 11) is 1.86. The quantitative estimate of drug-likeness (QED) is 0.779. The van der Waals surface area contributed by atoms with Crippen LogP contribution in [0, 0.1) is 0 Å². The first-order chi connectivity index (χ1) is 9.65. The molecule has 0 aliphatic carbocycles. The smallest absolute Gasteiger partial charge is 0.172 e. The van der Waals surface area contributed by atoms with Gasteiger partial charge in [0.1, 0.15) is 5.75 Å². The molecular weight excluding hydrogens is 274 g/mol. The van der Waals surface area contributed by atoms with Gasteiger partial charge in [0.2, 0.25) is 0 Å². The molecule has 1 heterocycles. The van der Waals surface area contributed by atoms with Gasteiger partial charge in [0, 0.05) is 12.7 Å². The summed E-state index contributed by atoms with van der Waals surface area (Å²) in [6.07, 6.45) is 0. The number of hydrogen-bond acceptors (Lipinski definition) is 4. The van der Waals surface area contributed by atoms with Gasteiger partial charge in [-0.3, -0.25) is 0 Å². The molecule has 0 amide bonds. The Hall–Kier alpha value is -2.33. The fourth-order valence-corrected chi connectivity index (χ4v) is 2.24. The van der Waals surface area contributed by atoms with E-state index in [2.05, 4.69) is 9.97 Å². The maximum absolute atomic E-state index is 9.33. The summed E-state index contributed by atoms with van der Waals surface area (Å²) in [5, 5.41) is 9.68. The number of phenols is 1. The van der Waals surface area contributed by atoms with Gasteiger partial charge in [0.25, 0.3) is 0 Å². The first-order valence-corrected chi connectivity index (χ1v) is 6.48. The minimum Gasteiger partial charge on any atom is -0.508 e. The maximum Gasteiger partial charge on any atom is 0.172 e. The molecule has 1 N–H and O–H groups in total. The number of phenolic OH excluding ortho intramolecular Hbond substituents is 1. The molecule has 20 heavy (non-hydrogen) atoms. The number of halogens is 1. The van der Waals surface area contributed by atoms with Crippen molar-refractivity contribution < 1.29 is 5.11 Å². The van der Waals surface area contributed by atoms with Crippen molar-refractivity contribution in [2.24, 2.45) is 0 Å². The molecule has 0 saturated heterocycles. The van der Waals surface area contributed by atoms with Crippen molar-refractivity contribution in [1.82, 2.24) is 9.97 Å². The largest absolute Gasteiger partial charge is 0.508 e. The first-order valence-electron chi connectivity index (χ1n) is 6.10. The molecule has 0 fully saturated rings. The molecule has 0 bridgehead atoms. The normalized spacial score (nSPS) is 10.7. The maximum atomic E-state index is 9.33. The Morgan fingerprint density at radius 2 is 1.55 bits per heavy atom. The molecule has 5 heteroatoms. The lowest BCUT2D eigenvalue weighted by Crippen LogP contribution is -2.12. The van der Waals surface area contributed by atoms with Crippen LogP contribution in [0.25, 0.3) is 11.0 Å². The Balaban J connectivity index is 2.08. The summed E-state index contributed by atoms with van der Waals surface area (Å²) >= 11 is 6.21. The van der Waals surface area contributed by atoms with Crippen molar-refractivity contribution in [3.8, 4) is 5.75 Å². The van der Waals surface area contributed by atoms with Gasteiger partial charge in [-0.05, 0) is 36.4 Å². The number of fused-ring (bicyclic) bond motifs is 1. The zero-order chi connectivity index (χ0) is 14.1. The van der Waals surface area contributed by atoms with Gasteiger partial charge in [0.15, 0.2) is 11.0 Å². The van der Waals surface area contributed by atoms with E-state index >= 15 is 0 Å². The Kier molecular flexibility index (Phi) is 3.16. The monoisotopic (exact) mass is 285 g/mol. The van der Waals surface area contributed by atoms with E-state index in [1.54, 1.807) is 24.3 Å². The predicted octanol–water partition coefficient (Wildman–Crippen LogP) is 3.76. The molecule has 1 aromatic heterocycles. The number of hydrogen-bond donors (Lipinski definition) is 1. The van der Waals surface area contributed by atoms with Crippen LogP contribution in [0.4, 0.5) is 11.5 Å². The van der Waals surface area contributed by atoms with Crippen molar-refractivity contribution in [2.45, 2.75) is 0 Å². The topological polar surface area (TPSA) is 49.2 Å². The molecule has 3 aromatic rings. The molecule has 0 unspecified atom stereocenters. The highest BCUT2D eigenvalue weighted by molar-refractivity contribution is 6.32. The van der Waals surface area contributed by atoms with E-state index in [1.807, 2.05) is 36.2 Å². The molecule has 0 aliphatic heterocycles. The lowest BCUT2D eigenvalue weighted by molar-refractivity contribution is 0.475. The van der Waals surface area contributed by atoms with Crippen LogP contribution in [0.5, 0.6) is 5.75 Å². The zero-order valence-corrected chi connectivity index (χ0v) is 11.5. The number of para-hydroxylation sites is 2. The first kappa shape index (κ1) is 12.7. The van der Waals surface area contributed by atoms with Crippen LogP contribution in [0.15, 0.2) is 48.5 Å². The van der Waals surface area contributed by atoms with E-state index < -0.39 is 0 Å². The van der Waals surface area contributed by atoms with Crippen LogP contribution in [0.1, 0.15) is 0 Å². The van der Waals surface area contributed by atoms with E-state index in [4.69, 9.17) is 11.6 Å². The average molecular weight is 286 g/mol. The third-order valence-corrected chi connectivity index (χ3v) is 3.32. The van der Waals surface area contributed by atoms with Crippen molar-refractivity contribution >= 4 is 34.1 Å². The number of rotatable bonds is 2. The van der Waals surface area contributed by atoms with Gasteiger partial charge in [0.05, 0.1) is 11.0 Å². The van der Waals surface area contributed by atoms with Gasteiger partial charge >= 0.3 is 0 Å². The average Bonchev–Trinajstić information content (AvgIpc) is 2.46. The Labute approximate surface area is 121 Å². The van der Waals surface area contributed by atoms with Crippen molar-refractivity contribution in [3.63, 3.8) is 0 Å². The van der Waals surface area contributed by atoms with E-state index in [0.717, 1.165) is 16.7 Å².